The van der Waals surface area contributed by atoms with Crippen LogP contribution in [0.4, 0.5) is 4.79 Å². The molecule has 0 radical (unpaired) electrons. The van der Waals surface area contributed by atoms with Crippen LogP contribution in [0.25, 0.3) is 10.9 Å². The predicted molar refractivity (Wildman–Crippen MR) is 109 cm³/mol. The second-order valence-corrected chi connectivity index (χ2v) is 7.36. The van der Waals surface area contributed by atoms with Gasteiger partial charge >= 0.3 is 6.09 Å². The Morgan fingerprint density at radius 2 is 1.61 bits per heavy atom. The Morgan fingerprint density at radius 1 is 1.00 bits per heavy atom. The highest BCUT2D eigenvalue weighted by atomic mass is 31.0. The minimum Gasteiger partial charge on any atom is -0.480 e. The standard InChI is InChI=1S/C20H21N2O5P/c1-20(2,3)26-19(24)22-11-16(18(21)23)15-10-14(8-9-17(15)22)25-12-4-6-13(27-28)7-5-12/h4-11H,28H2,1-3H3,(H2,21,23). The number of nitrogens with two attached hydrogens (primary N) is 1. The number of hydrogen-bond acceptors (Lipinski definition) is 5. The Hall–Kier alpha value is -3.05. The third kappa shape index (κ3) is 4.26. The maximum absolute atomic E-state index is 12.5. The van der Waals surface area contributed by atoms with Crippen LogP contribution in [0.2, 0.25) is 0 Å². The Balaban J connectivity index is 1.99. The molecule has 0 aliphatic heterocycles. The third-order valence-electron chi connectivity index (χ3n) is 3.83. The maximum atomic E-state index is 12.5. The van der Waals surface area contributed by atoms with Crippen molar-refractivity contribution in [3.05, 3.63) is 54.2 Å². The molecule has 1 heterocycles. The predicted octanol–water partition coefficient (Wildman–Crippen LogP) is 4.48. The maximum Gasteiger partial charge on any atom is 0.419 e. The Morgan fingerprint density at radius 3 is 2.18 bits per heavy atom. The summed E-state index contributed by atoms with van der Waals surface area (Å²) in [6.45, 7) is 5.31. The fourth-order valence-corrected chi connectivity index (χ4v) is 2.81. The van der Waals surface area contributed by atoms with Crippen LogP contribution in [0.15, 0.2) is 48.7 Å². The Labute approximate surface area is 164 Å². The van der Waals surface area contributed by atoms with Crippen LogP contribution in [-0.2, 0) is 4.74 Å². The zero-order chi connectivity index (χ0) is 20.5. The molecule has 1 unspecified atom stereocenters. The lowest BCUT2D eigenvalue weighted by Crippen LogP contribution is -2.26. The number of benzene rings is 2. The van der Waals surface area contributed by atoms with Crippen LogP contribution < -0.4 is 15.0 Å². The van der Waals surface area contributed by atoms with Gasteiger partial charge in [-0.05, 0) is 63.2 Å². The molecule has 2 N–H and O–H groups in total. The number of fused-ring (bicyclic) bond motifs is 1. The van der Waals surface area contributed by atoms with E-state index in [1.165, 1.54) is 10.8 Å². The van der Waals surface area contributed by atoms with Crippen molar-refractivity contribution in [1.82, 2.24) is 4.57 Å². The molecule has 3 aromatic rings. The molecule has 0 fully saturated rings. The number of primary amides is 1. The number of ether oxygens (including phenoxy) is 2. The second kappa shape index (κ2) is 7.52. The lowest BCUT2D eigenvalue weighted by molar-refractivity contribution is 0.0544. The van der Waals surface area contributed by atoms with E-state index in [9.17, 15) is 9.59 Å². The summed E-state index contributed by atoms with van der Waals surface area (Å²) >= 11 is 0. The van der Waals surface area contributed by atoms with Gasteiger partial charge in [-0.25, -0.2) is 4.79 Å². The molecule has 8 heteroatoms. The number of carbonyl (C=O) groups is 2. The van der Waals surface area contributed by atoms with E-state index in [1.807, 2.05) is 0 Å². The van der Waals surface area contributed by atoms with Gasteiger partial charge in [0.1, 0.15) is 22.8 Å². The number of carbonyl (C=O) groups excluding carboxylic acids is 2. The number of nitrogens with zero attached hydrogens (tertiary/aromatic N) is 1. The molecule has 0 bridgehead atoms. The number of hydrogen-bond donors (Lipinski definition) is 1. The van der Waals surface area contributed by atoms with Crippen molar-refractivity contribution in [1.29, 1.82) is 0 Å². The molecule has 28 heavy (non-hydrogen) atoms. The number of amides is 1. The van der Waals surface area contributed by atoms with E-state index >= 15 is 0 Å². The van der Waals surface area contributed by atoms with Gasteiger partial charge in [-0.1, -0.05) is 0 Å². The van der Waals surface area contributed by atoms with Gasteiger partial charge in [0.15, 0.2) is 0 Å². The summed E-state index contributed by atoms with van der Waals surface area (Å²) in [6.07, 6.45) is 0.794. The largest absolute Gasteiger partial charge is 0.480 e. The summed E-state index contributed by atoms with van der Waals surface area (Å²) in [4.78, 5) is 24.4. The first-order valence-electron chi connectivity index (χ1n) is 8.51. The van der Waals surface area contributed by atoms with Crippen molar-refractivity contribution >= 4 is 32.4 Å². The zero-order valence-corrected chi connectivity index (χ0v) is 16.9. The minimum absolute atomic E-state index is 0.207. The second-order valence-electron chi connectivity index (χ2n) is 7.13. The van der Waals surface area contributed by atoms with Crippen LogP contribution in [0, 0.1) is 0 Å². The molecular formula is C20H21N2O5P. The van der Waals surface area contributed by atoms with Gasteiger partial charge in [0.05, 0.1) is 20.5 Å². The topological polar surface area (TPSA) is 92.8 Å². The quantitative estimate of drug-likeness (QED) is 0.652. The Kier molecular flexibility index (Phi) is 5.29. The van der Waals surface area contributed by atoms with E-state index in [0.29, 0.717) is 28.2 Å². The van der Waals surface area contributed by atoms with Crippen LogP contribution in [0.5, 0.6) is 17.2 Å². The van der Waals surface area contributed by atoms with Gasteiger partial charge in [0.25, 0.3) is 5.91 Å². The molecule has 0 saturated heterocycles. The van der Waals surface area contributed by atoms with Crippen LogP contribution in [0.1, 0.15) is 31.1 Å². The molecule has 2 aromatic carbocycles. The third-order valence-corrected chi connectivity index (χ3v) is 4.10. The highest BCUT2D eigenvalue weighted by molar-refractivity contribution is 7.10. The first-order valence-corrected chi connectivity index (χ1v) is 8.98. The molecule has 1 atom stereocenters. The summed E-state index contributed by atoms with van der Waals surface area (Å²) in [5.74, 6) is 1.12. The summed E-state index contributed by atoms with van der Waals surface area (Å²) in [7, 11) is 2.17. The molecule has 1 aromatic heterocycles. The molecule has 146 valence electrons. The summed E-state index contributed by atoms with van der Waals surface area (Å²) in [5, 5.41) is 0.501. The average molecular weight is 400 g/mol. The molecule has 0 aliphatic carbocycles. The SMILES string of the molecule is CC(C)(C)OC(=O)n1cc(C(N)=O)c2cc(Oc3ccc(OP)cc3)ccc21. The van der Waals surface area contributed by atoms with Gasteiger partial charge in [-0.15, -0.1) is 0 Å². The van der Waals surface area contributed by atoms with E-state index in [1.54, 1.807) is 63.2 Å². The minimum atomic E-state index is -0.670. The van der Waals surface area contributed by atoms with Crippen molar-refractivity contribution in [3.63, 3.8) is 0 Å². The van der Waals surface area contributed by atoms with Gasteiger partial charge in [0, 0.05) is 11.6 Å². The van der Waals surface area contributed by atoms with Gasteiger partial charge in [-0.3, -0.25) is 9.36 Å². The number of rotatable bonds is 4. The highest BCUT2D eigenvalue weighted by Gasteiger charge is 2.22. The fourth-order valence-electron chi connectivity index (χ4n) is 2.65. The summed E-state index contributed by atoms with van der Waals surface area (Å²) < 4.78 is 17.5. The van der Waals surface area contributed by atoms with Crippen LogP contribution in [0.3, 0.4) is 0 Å². The Bertz CT molecular complexity index is 1040. The van der Waals surface area contributed by atoms with Crippen LogP contribution in [-0.4, -0.2) is 22.2 Å². The molecule has 7 nitrogen and oxygen atoms in total. The molecule has 0 aliphatic rings. The van der Waals surface area contributed by atoms with Crippen molar-refractivity contribution in [2.75, 3.05) is 0 Å². The van der Waals surface area contributed by atoms with E-state index in [-0.39, 0.29) is 5.56 Å². The van der Waals surface area contributed by atoms with Gasteiger partial charge in [-0.2, -0.15) is 0 Å². The van der Waals surface area contributed by atoms with E-state index in [2.05, 4.69) is 9.47 Å². The van der Waals surface area contributed by atoms with Crippen molar-refractivity contribution in [3.8, 4) is 17.2 Å². The smallest absolute Gasteiger partial charge is 0.419 e. The highest BCUT2D eigenvalue weighted by Crippen LogP contribution is 2.30. The molecule has 0 spiro atoms. The van der Waals surface area contributed by atoms with Crippen molar-refractivity contribution in [2.24, 2.45) is 5.73 Å². The van der Waals surface area contributed by atoms with Gasteiger partial charge in [0.2, 0.25) is 0 Å². The summed E-state index contributed by atoms with van der Waals surface area (Å²) in [5.41, 5.74) is 5.53. The van der Waals surface area contributed by atoms with E-state index in [0.717, 1.165) is 0 Å². The first kappa shape index (κ1) is 19.7. The van der Waals surface area contributed by atoms with E-state index < -0.39 is 17.6 Å². The molecule has 3 rings (SSSR count). The number of aromatic nitrogens is 1. The lowest BCUT2D eigenvalue weighted by atomic mass is 10.1. The monoisotopic (exact) mass is 400 g/mol. The molecule has 0 saturated carbocycles. The van der Waals surface area contributed by atoms with Crippen LogP contribution >= 0.6 is 9.47 Å². The van der Waals surface area contributed by atoms with Crippen molar-refractivity contribution < 1.29 is 23.6 Å². The fraction of sp³-hybridized carbons (Fsp3) is 0.200. The lowest BCUT2D eigenvalue weighted by Gasteiger charge is -2.19. The average Bonchev–Trinajstić information content (AvgIpc) is 3.00. The van der Waals surface area contributed by atoms with Crippen molar-refractivity contribution in [2.45, 2.75) is 26.4 Å². The molecular weight excluding hydrogens is 379 g/mol. The summed E-state index contributed by atoms with van der Waals surface area (Å²) in [6, 6.07) is 12.1. The normalized spacial score (nSPS) is 11.3. The molecule has 1 amide bonds. The van der Waals surface area contributed by atoms with E-state index in [4.69, 9.17) is 19.7 Å². The van der Waals surface area contributed by atoms with Gasteiger partial charge < -0.3 is 19.7 Å². The first-order chi connectivity index (χ1) is 13.2. The zero-order valence-electron chi connectivity index (χ0n) is 15.8.